The van der Waals surface area contributed by atoms with Gasteiger partial charge in [-0.15, -0.1) is 10.2 Å². The molecule has 0 saturated carbocycles. The van der Waals surface area contributed by atoms with E-state index in [9.17, 15) is 18.5 Å². The van der Waals surface area contributed by atoms with Crippen molar-refractivity contribution >= 4 is 27.0 Å². The summed E-state index contributed by atoms with van der Waals surface area (Å²) in [5, 5.41) is 23.3. The zero-order valence-corrected chi connectivity index (χ0v) is 15.9. The number of nitro groups is 1. The lowest BCUT2D eigenvalue weighted by Crippen LogP contribution is -2.13. The molecule has 0 amide bonds. The molecule has 10 nitrogen and oxygen atoms in total. The maximum atomic E-state index is 12.5. The lowest BCUT2D eigenvalue weighted by atomic mass is 10.1. The lowest BCUT2D eigenvalue weighted by Gasteiger charge is -2.09. The summed E-state index contributed by atoms with van der Waals surface area (Å²) >= 11 is 0. The fourth-order valence-electron chi connectivity index (χ4n) is 2.74. The molecule has 0 radical (unpaired) electrons. The molecule has 2 heterocycles. The molecule has 2 aromatic carbocycles. The highest BCUT2D eigenvalue weighted by Gasteiger charge is 2.18. The molecule has 29 heavy (non-hydrogen) atoms. The Balaban J connectivity index is 1.59. The van der Waals surface area contributed by atoms with Gasteiger partial charge in [0.2, 0.25) is 0 Å². The molecule has 0 saturated heterocycles. The minimum absolute atomic E-state index is 0.189. The quantitative estimate of drug-likeness (QED) is 0.395. The number of benzene rings is 2. The lowest BCUT2D eigenvalue weighted by molar-refractivity contribution is -0.385. The van der Waals surface area contributed by atoms with Crippen LogP contribution in [0.5, 0.6) is 0 Å². The van der Waals surface area contributed by atoms with E-state index in [0.717, 1.165) is 11.6 Å². The standard InChI is InChI=1S/C18H14N6O4S/c1-12-19-20-18-10-9-17(21-23(12)18)13-5-7-14(8-6-13)22-29(27,28)16-4-2-3-15(11-16)24(25)26/h2-11,22H,1H3. The average molecular weight is 410 g/mol. The summed E-state index contributed by atoms with van der Waals surface area (Å²) < 4.78 is 29.1. The van der Waals surface area contributed by atoms with Crippen LogP contribution < -0.4 is 4.72 Å². The van der Waals surface area contributed by atoms with Crippen LogP contribution in [0.2, 0.25) is 0 Å². The second kappa shape index (κ2) is 6.95. The Morgan fingerprint density at radius 2 is 1.79 bits per heavy atom. The number of aryl methyl sites for hydroxylation is 1. The molecule has 2 aromatic heterocycles. The molecule has 0 fully saturated rings. The normalized spacial score (nSPS) is 11.5. The summed E-state index contributed by atoms with van der Waals surface area (Å²) in [4.78, 5) is 10.0. The summed E-state index contributed by atoms with van der Waals surface area (Å²) in [7, 11) is -3.96. The van der Waals surface area contributed by atoms with E-state index in [4.69, 9.17) is 0 Å². The maximum Gasteiger partial charge on any atom is 0.270 e. The Morgan fingerprint density at radius 1 is 1.03 bits per heavy atom. The number of anilines is 1. The number of aromatic nitrogens is 4. The molecule has 1 N–H and O–H groups in total. The molecule has 146 valence electrons. The van der Waals surface area contributed by atoms with Gasteiger partial charge >= 0.3 is 0 Å². The van der Waals surface area contributed by atoms with Gasteiger partial charge in [0.25, 0.3) is 15.7 Å². The molecular weight excluding hydrogens is 396 g/mol. The average Bonchev–Trinajstić information content (AvgIpc) is 3.09. The van der Waals surface area contributed by atoms with Crippen LogP contribution in [0.15, 0.2) is 65.6 Å². The van der Waals surface area contributed by atoms with Crippen LogP contribution in [0.4, 0.5) is 11.4 Å². The number of hydrogen-bond donors (Lipinski definition) is 1. The third-order valence-corrected chi connectivity index (χ3v) is 5.57. The number of nitro benzene ring substituents is 1. The topological polar surface area (TPSA) is 132 Å². The molecule has 0 unspecified atom stereocenters. The van der Waals surface area contributed by atoms with E-state index < -0.39 is 14.9 Å². The summed E-state index contributed by atoms with van der Waals surface area (Å²) in [6, 6.07) is 15.1. The van der Waals surface area contributed by atoms with Crippen LogP contribution in [0.1, 0.15) is 5.82 Å². The van der Waals surface area contributed by atoms with E-state index in [2.05, 4.69) is 20.0 Å². The molecule has 0 spiro atoms. The number of fused-ring (bicyclic) bond motifs is 1. The highest BCUT2D eigenvalue weighted by molar-refractivity contribution is 7.92. The first-order valence-corrected chi connectivity index (χ1v) is 9.88. The largest absolute Gasteiger partial charge is 0.280 e. The van der Waals surface area contributed by atoms with Gasteiger partial charge in [-0.3, -0.25) is 14.8 Å². The predicted octanol–water partition coefficient (Wildman–Crippen LogP) is 2.81. The van der Waals surface area contributed by atoms with Crippen molar-refractivity contribution in [1.29, 1.82) is 0 Å². The zero-order valence-electron chi connectivity index (χ0n) is 15.1. The van der Waals surface area contributed by atoms with Gasteiger partial charge in [-0.1, -0.05) is 18.2 Å². The van der Waals surface area contributed by atoms with Crippen molar-refractivity contribution in [3.8, 4) is 11.3 Å². The molecule has 4 aromatic rings. The van der Waals surface area contributed by atoms with Crippen LogP contribution in [-0.4, -0.2) is 33.2 Å². The number of hydrogen-bond acceptors (Lipinski definition) is 7. The summed E-state index contributed by atoms with van der Waals surface area (Å²) in [6.45, 7) is 1.79. The van der Waals surface area contributed by atoms with Crippen LogP contribution >= 0.6 is 0 Å². The van der Waals surface area contributed by atoms with Gasteiger partial charge in [-0.05, 0) is 37.3 Å². The fourth-order valence-corrected chi connectivity index (χ4v) is 3.84. The first-order valence-electron chi connectivity index (χ1n) is 8.40. The van der Waals surface area contributed by atoms with Crippen LogP contribution in [-0.2, 0) is 10.0 Å². The van der Waals surface area contributed by atoms with Gasteiger partial charge in [0.1, 0.15) is 0 Å². The molecule has 0 bridgehead atoms. The Kier molecular flexibility index (Phi) is 4.43. The monoisotopic (exact) mass is 410 g/mol. The minimum Gasteiger partial charge on any atom is -0.280 e. The molecule has 4 rings (SSSR count). The minimum atomic E-state index is -3.96. The Labute approximate surface area is 165 Å². The Morgan fingerprint density at radius 3 is 2.52 bits per heavy atom. The van der Waals surface area contributed by atoms with E-state index >= 15 is 0 Å². The molecular formula is C18H14N6O4S. The van der Waals surface area contributed by atoms with Crippen molar-refractivity contribution in [2.75, 3.05) is 4.72 Å². The van der Waals surface area contributed by atoms with Gasteiger partial charge in [0, 0.05) is 23.4 Å². The van der Waals surface area contributed by atoms with E-state index in [0.29, 0.717) is 22.9 Å². The summed E-state index contributed by atoms with van der Waals surface area (Å²) in [5.41, 5.74) is 2.11. The van der Waals surface area contributed by atoms with Crippen LogP contribution in [0.3, 0.4) is 0 Å². The van der Waals surface area contributed by atoms with Crippen LogP contribution in [0, 0.1) is 17.0 Å². The number of sulfonamides is 1. The van der Waals surface area contributed by atoms with Crippen molar-refractivity contribution in [3.05, 3.63) is 76.6 Å². The van der Waals surface area contributed by atoms with Gasteiger partial charge in [-0.25, -0.2) is 8.42 Å². The van der Waals surface area contributed by atoms with Crippen molar-refractivity contribution in [2.24, 2.45) is 0 Å². The number of nitrogens with one attached hydrogen (secondary N) is 1. The van der Waals surface area contributed by atoms with Crippen molar-refractivity contribution < 1.29 is 13.3 Å². The van der Waals surface area contributed by atoms with Gasteiger partial charge in [0.05, 0.1) is 15.5 Å². The third-order valence-electron chi connectivity index (χ3n) is 4.19. The Hall–Kier alpha value is -3.86. The SMILES string of the molecule is Cc1nnc2ccc(-c3ccc(NS(=O)(=O)c4cccc([N+](=O)[O-])c4)cc3)nn12. The highest BCUT2D eigenvalue weighted by Crippen LogP contribution is 2.23. The second-order valence-corrected chi connectivity index (χ2v) is 7.86. The fraction of sp³-hybridized carbons (Fsp3) is 0.0556. The second-order valence-electron chi connectivity index (χ2n) is 6.17. The molecule has 0 aliphatic carbocycles. The van der Waals surface area contributed by atoms with E-state index in [-0.39, 0.29) is 10.6 Å². The van der Waals surface area contributed by atoms with E-state index in [1.807, 2.05) is 0 Å². The predicted molar refractivity (Wildman–Crippen MR) is 105 cm³/mol. The third kappa shape index (κ3) is 3.62. The smallest absolute Gasteiger partial charge is 0.270 e. The number of non-ortho nitro benzene ring substituents is 1. The first kappa shape index (κ1) is 18.5. The van der Waals surface area contributed by atoms with Crippen molar-refractivity contribution in [3.63, 3.8) is 0 Å². The van der Waals surface area contributed by atoms with Gasteiger partial charge in [0.15, 0.2) is 11.5 Å². The molecule has 0 aliphatic rings. The van der Waals surface area contributed by atoms with Gasteiger partial charge in [-0.2, -0.15) is 9.61 Å². The van der Waals surface area contributed by atoms with Crippen molar-refractivity contribution in [1.82, 2.24) is 19.8 Å². The summed E-state index contributed by atoms with van der Waals surface area (Å²) in [6.07, 6.45) is 0. The number of rotatable bonds is 5. The molecule has 11 heteroatoms. The summed E-state index contributed by atoms with van der Waals surface area (Å²) in [5.74, 6) is 0.656. The van der Waals surface area contributed by atoms with Gasteiger partial charge < -0.3 is 0 Å². The van der Waals surface area contributed by atoms with Crippen LogP contribution in [0.25, 0.3) is 16.9 Å². The molecule has 0 atom stereocenters. The Bertz CT molecular complexity index is 1330. The zero-order chi connectivity index (χ0) is 20.6. The number of nitrogens with zero attached hydrogens (tertiary/aromatic N) is 5. The molecule has 0 aliphatic heterocycles. The maximum absolute atomic E-state index is 12.5. The van der Waals surface area contributed by atoms with Crippen molar-refractivity contribution in [2.45, 2.75) is 11.8 Å². The highest BCUT2D eigenvalue weighted by atomic mass is 32.2. The first-order chi connectivity index (χ1) is 13.8. The van der Waals surface area contributed by atoms with E-state index in [1.165, 1.54) is 18.2 Å². The van der Waals surface area contributed by atoms with E-state index in [1.54, 1.807) is 47.8 Å².